The third-order valence-corrected chi connectivity index (χ3v) is 4.82. The second-order valence-corrected chi connectivity index (χ2v) is 7.14. The van der Waals surface area contributed by atoms with E-state index in [4.69, 9.17) is 17.3 Å². The maximum Gasteiger partial charge on any atom is 0.250 e. The van der Waals surface area contributed by atoms with Gasteiger partial charge >= 0.3 is 0 Å². The molecule has 3 rings (SSSR count). The first-order chi connectivity index (χ1) is 12.9. The van der Waals surface area contributed by atoms with Gasteiger partial charge in [0, 0.05) is 23.7 Å². The van der Waals surface area contributed by atoms with Gasteiger partial charge in [-0.1, -0.05) is 54.9 Å². The lowest BCUT2D eigenvalue weighted by Gasteiger charge is -2.12. The molecule has 0 aliphatic rings. The Kier molecular flexibility index (Phi) is 5.77. The van der Waals surface area contributed by atoms with E-state index in [9.17, 15) is 9.59 Å². The summed E-state index contributed by atoms with van der Waals surface area (Å²) in [7, 11) is 0. The van der Waals surface area contributed by atoms with Crippen LogP contribution in [0.1, 0.15) is 30.4 Å². The first-order valence-electron chi connectivity index (χ1n) is 8.76. The quantitative estimate of drug-likeness (QED) is 0.696. The highest BCUT2D eigenvalue weighted by Crippen LogP contribution is 2.24. The number of amides is 1. The molecule has 1 unspecified atom stereocenters. The van der Waals surface area contributed by atoms with Crippen molar-refractivity contribution in [2.24, 2.45) is 5.73 Å². The zero-order valence-corrected chi connectivity index (χ0v) is 15.8. The van der Waals surface area contributed by atoms with Crippen LogP contribution in [0.2, 0.25) is 5.02 Å². The number of pyridine rings is 1. The molecule has 0 spiro atoms. The van der Waals surface area contributed by atoms with Gasteiger partial charge in [0.15, 0.2) is 0 Å². The number of carbonyl (C=O) groups is 1. The molecule has 0 saturated carbocycles. The average Bonchev–Trinajstić information content (AvgIpc) is 2.65. The lowest BCUT2D eigenvalue weighted by molar-refractivity contribution is -0.118. The van der Waals surface area contributed by atoms with Crippen LogP contribution in [0.4, 0.5) is 0 Å². The highest BCUT2D eigenvalue weighted by Gasteiger charge is 2.09. The number of primary amides is 1. The predicted octanol–water partition coefficient (Wildman–Crippen LogP) is 4.20. The smallest absolute Gasteiger partial charge is 0.250 e. The number of rotatable bonds is 6. The number of halogens is 1. The Hall–Kier alpha value is -2.85. The molecule has 4 nitrogen and oxygen atoms in total. The van der Waals surface area contributed by atoms with Crippen LogP contribution >= 0.6 is 11.6 Å². The molecule has 0 radical (unpaired) electrons. The zero-order valence-electron chi connectivity index (χ0n) is 15.1. The van der Waals surface area contributed by atoms with E-state index < -0.39 is 0 Å². The van der Waals surface area contributed by atoms with E-state index in [0.29, 0.717) is 18.0 Å². The predicted molar refractivity (Wildman–Crippen MR) is 109 cm³/mol. The standard InChI is InChI=1S/C22H21ClN2O2/c1-15(12-21(24)26)17-4-6-18(7-5-17)19-8-11-22(27)25(14-19)13-16-2-9-20(23)10-3-16/h2-11,14-15H,12-13H2,1H3,(H2,24,26). The van der Waals surface area contributed by atoms with Gasteiger partial charge < -0.3 is 10.3 Å². The molecule has 1 atom stereocenters. The second kappa shape index (κ2) is 8.23. The summed E-state index contributed by atoms with van der Waals surface area (Å²) in [6, 6.07) is 18.9. The fourth-order valence-corrected chi connectivity index (χ4v) is 3.16. The highest BCUT2D eigenvalue weighted by molar-refractivity contribution is 6.30. The minimum Gasteiger partial charge on any atom is -0.370 e. The van der Waals surface area contributed by atoms with Crippen LogP contribution in [0.25, 0.3) is 11.1 Å². The summed E-state index contributed by atoms with van der Waals surface area (Å²) in [6.45, 7) is 2.46. The Morgan fingerprint density at radius 2 is 1.63 bits per heavy atom. The molecule has 1 aromatic heterocycles. The average molecular weight is 381 g/mol. The molecule has 1 heterocycles. The van der Waals surface area contributed by atoms with Gasteiger partial charge in [0.2, 0.25) is 5.91 Å². The van der Waals surface area contributed by atoms with Gasteiger partial charge in [-0.05, 0) is 46.4 Å². The maximum atomic E-state index is 12.2. The number of hydrogen-bond donors (Lipinski definition) is 1. The van der Waals surface area contributed by atoms with Crippen molar-refractivity contribution in [2.45, 2.75) is 25.8 Å². The first kappa shape index (κ1) is 18.9. The van der Waals surface area contributed by atoms with Crippen molar-refractivity contribution in [1.82, 2.24) is 4.57 Å². The molecule has 138 valence electrons. The van der Waals surface area contributed by atoms with E-state index in [1.54, 1.807) is 10.6 Å². The summed E-state index contributed by atoms with van der Waals surface area (Å²) in [5.74, 6) is -0.226. The monoisotopic (exact) mass is 380 g/mol. The Morgan fingerprint density at radius 3 is 2.26 bits per heavy atom. The minimum atomic E-state index is -0.305. The van der Waals surface area contributed by atoms with Crippen LogP contribution in [0.3, 0.4) is 0 Å². The van der Waals surface area contributed by atoms with Gasteiger partial charge in [0.25, 0.3) is 5.56 Å². The van der Waals surface area contributed by atoms with Crippen LogP contribution < -0.4 is 11.3 Å². The fraction of sp³-hybridized carbons (Fsp3) is 0.182. The molecule has 1 amide bonds. The van der Waals surface area contributed by atoms with Crippen LogP contribution in [0.5, 0.6) is 0 Å². The lowest BCUT2D eigenvalue weighted by Crippen LogP contribution is -2.19. The molecule has 5 heteroatoms. The van der Waals surface area contributed by atoms with E-state index in [1.165, 1.54) is 0 Å². The Bertz CT molecular complexity index is 992. The largest absolute Gasteiger partial charge is 0.370 e. The maximum absolute atomic E-state index is 12.2. The molecular weight excluding hydrogens is 360 g/mol. The fourth-order valence-electron chi connectivity index (χ4n) is 3.04. The molecule has 0 aliphatic carbocycles. The number of hydrogen-bond acceptors (Lipinski definition) is 2. The Labute approximate surface area is 163 Å². The highest BCUT2D eigenvalue weighted by atomic mass is 35.5. The summed E-state index contributed by atoms with van der Waals surface area (Å²) in [5.41, 5.74) is 9.26. The van der Waals surface area contributed by atoms with E-state index in [2.05, 4.69) is 0 Å². The third kappa shape index (κ3) is 4.86. The van der Waals surface area contributed by atoms with Gasteiger partial charge in [-0.3, -0.25) is 9.59 Å². The summed E-state index contributed by atoms with van der Waals surface area (Å²) in [5, 5.41) is 0.672. The molecule has 0 aliphatic heterocycles. The van der Waals surface area contributed by atoms with Crippen molar-refractivity contribution in [1.29, 1.82) is 0 Å². The number of carbonyl (C=O) groups excluding carboxylic acids is 1. The normalized spacial score (nSPS) is 11.9. The lowest BCUT2D eigenvalue weighted by atomic mass is 9.95. The van der Waals surface area contributed by atoms with Crippen molar-refractivity contribution >= 4 is 17.5 Å². The third-order valence-electron chi connectivity index (χ3n) is 4.57. The number of nitrogens with two attached hydrogens (primary N) is 1. The topological polar surface area (TPSA) is 65.1 Å². The van der Waals surface area contributed by atoms with Gasteiger partial charge in [-0.2, -0.15) is 0 Å². The summed E-state index contributed by atoms with van der Waals surface area (Å²) < 4.78 is 1.68. The van der Waals surface area contributed by atoms with Crippen LogP contribution in [-0.2, 0) is 11.3 Å². The second-order valence-electron chi connectivity index (χ2n) is 6.70. The summed E-state index contributed by atoms with van der Waals surface area (Å²) in [6.07, 6.45) is 2.18. The molecule has 27 heavy (non-hydrogen) atoms. The van der Waals surface area contributed by atoms with E-state index in [-0.39, 0.29) is 17.4 Å². The van der Waals surface area contributed by atoms with Gasteiger partial charge in [-0.15, -0.1) is 0 Å². The van der Waals surface area contributed by atoms with Crippen LogP contribution in [0.15, 0.2) is 71.7 Å². The summed E-state index contributed by atoms with van der Waals surface area (Å²) >= 11 is 5.92. The molecule has 2 N–H and O–H groups in total. The number of benzene rings is 2. The number of nitrogens with zero attached hydrogens (tertiary/aromatic N) is 1. The minimum absolute atomic E-state index is 0.0552. The SMILES string of the molecule is CC(CC(N)=O)c1ccc(-c2ccc(=O)n(Cc3ccc(Cl)cc3)c2)cc1. The molecule has 0 saturated heterocycles. The van der Waals surface area contributed by atoms with E-state index in [1.807, 2.05) is 67.7 Å². The molecule has 3 aromatic rings. The molecule has 0 fully saturated rings. The van der Waals surface area contributed by atoms with Crippen LogP contribution in [0, 0.1) is 0 Å². The van der Waals surface area contributed by atoms with Gasteiger partial charge in [0.1, 0.15) is 0 Å². The van der Waals surface area contributed by atoms with Crippen molar-refractivity contribution in [3.05, 3.63) is 93.4 Å². The van der Waals surface area contributed by atoms with Crippen LogP contribution in [-0.4, -0.2) is 10.5 Å². The van der Waals surface area contributed by atoms with Crippen molar-refractivity contribution in [3.8, 4) is 11.1 Å². The first-order valence-corrected chi connectivity index (χ1v) is 9.14. The van der Waals surface area contributed by atoms with Crippen molar-refractivity contribution in [3.63, 3.8) is 0 Å². The Balaban J connectivity index is 1.84. The number of aromatic nitrogens is 1. The van der Waals surface area contributed by atoms with E-state index >= 15 is 0 Å². The van der Waals surface area contributed by atoms with E-state index in [0.717, 1.165) is 22.3 Å². The van der Waals surface area contributed by atoms with Crippen molar-refractivity contribution in [2.75, 3.05) is 0 Å². The molecule has 0 bridgehead atoms. The summed E-state index contributed by atoms with van der Waals surface area (Å²) in [4.78, 5) is 23.3. The molecule has 2 aromatic carbocycles. The van der Waals surface area contributed by atoms with Gasteiger partial charge in [0.05, 0.1) is 6.54 Å². The van der Waals surface area contributed by atoms with Gasteiger partial charge in [-0.25, -0.2) is 0 Å². The Morgan fingerprint density at radius 1 is 1.00 bits per heavy atom. The zero-order chi connectivity index (χ0) is 19.4. The van der Waals surface area contributed by atoms with Crippen molar-refractivity contribution < 1.29 is 4.79 Å². The molecular formula is C22H21ClN2O2.